The minimum absolute atomic E-state index is 0.0133. The molecule has 0 saturated heterocycles. The lowest BCUT2D eigenvalue weighted by molar-refractivity contribution is -0.275. The lowest BCUT2D eigenvalue weighted by Gasteiger charge is -2.42. The molecule has 0 spiro atoms. The van der Waals surface area contributed by atoms with Gasteiger partial charge in [0.15, 0.2) is 11.6 Å². The number of hydrogen-bond acceptors (Lipinski definition) is 5. The number of nitrogens with zero attached hydrogens (tertiary/aromatic N) is 1. The van der Waals surface area contributed by atoms with Gasteiger partial charge in [0.25, 0.3) is 5.91 Å². The van der Waals surface area contributed by atoms with E-state index >= 15 is 0 Å². The first kappa shape index (κ1) is 25.7. The Kier molecular flexibility index (Phi) is 7.47. The average molecular weight is 492 g/mol. The molecule has 3 rings (SSSR count). The number of carbonyl (C=O) groups is 2. The van der Waals surface area contributed by atoms with Crippen LogP contribution in [0.1, 0.15) is 35.7 Å². The number of anilines is 1. The Morgan fingerprint density at radius 3 is 2.54 bits per heavy atom. The number of hydrogen-bond donors (Lipinski definition) is 3. The van der Waals surface area contributed by atoms with E-state index in [1.165, 1.54) is 4.90 Å². The van der Waals surface area contributed by atoms with Crippen LogP contribution in [0.5, 0.6) is 5.75 Å². The summed E-state index contributed by atoms with van der Waals surface area (Å²) in [5.41, 5.74) is 6.45. The summed E-state index contributed by atoms with van der Waals surface area (Å²) in [6.45, 7) is 4.03. The molecule has 0 saturated carbocycles. The van der Waals surface area contributed by atoms with Crippen LogP contribution in [0.4, 0.5) is 23.2 Å². The Labute approximate surface area is 199 Å². The molecule has 1 aliphatic heterocycles. The first-order chi connectivity index (χ1) is 16.5. The summed E-state index contributed by atoms with van der Waals surface area (Å²) in [5.74, 6) is -4.43. The highest BCUT2D eigenvalue weighted by Crippen LogP contribution is 2.38. The smallest absolute Gasteiger partial charge is 0.404 e. The largest absolute Gasteiger partial charge is 0.573 e. The third kappa shape index (κ3) is 5.61. The number of halogens is 4. The maximum absolute atomic E-state index is 13.8. The van der Waals surface area contributed by atoms with Crippen LogP contribution in [0.3, 0.4) is 0 Å². The molecule has 2 amide bonds. The molecule has 4 N–H and O–H groups in total. The number of nitrogens with two attached hydrogens (primary N) is 1. The van der Waals surface area contributed by atoms with Crippen LogP contribution in [-0.4, -0.2) is 41.9 Å². The summed E-state index contributed by atoms with van der Waals surface area (Å²) >= 11 is 0. The zero-order valence-electron chi connectivity index (χ0n) is 18.9. The van der Waals surface area contributed by atoms with Gasteiger partial charge in [0.1, 0.15) is 0 Å². The normalized spacial score (nSPS) is 18.3. The monoisotopic (exact) mass is 492 g/mol. The van der Waals surface area contributed by atoms with Gasteiger partial charge in [0.05, 0.1) is 12.0 Å². The first-order valence-electron chi connectivity index (χ1n) is 10.6. The van der Waals surface area contributed by atoms with E-state index in [2.05, 4.69) is 10.1 Å². The van der Waals surface area contributed by atoms with E-state index in [1.54, 1.807) is 24.3 Å². The molecule has 0 unspecified atom stereocenters. The predicted molar refractivity (Wildman–Crippen MR) is 122 cm³/mol. The number of amides is 2. The molecule has 0 aromatic heterocycles. The Morgan fingerprint density at radius 2 is 1.94 bits per heavy atom. The minimum atomic E-state index is -5.13. The fraction of sp³-hybridized carbons (Fsp3) is 0.292. The Hall–Kier alpha value is -3.89. The Balaban J connectivity index is 2.08. The summed E-state index contributed by atoms with van der Waals surface area (Å²) in [7, 11) is 0. The molecule has 7 nitrogen and oxygen atoms in total. The third-order valence-corrected chi connectivity index (χ3v) is 5.41. The highest BCUT2D eigenvalue weighted by atomic mass is 19.4. The first-order valence-corrected chi connectivity index (χ1v) is 10.6. The lowest BCUT2D eigenvalue weighted by Crippen LogP contribution is -2.53. The number of carbonyl (C=O) groups excluding carboxylic acids is 2. The molecule has 1 aliphatic rings. The second-order valence-corrected chi connectivity index (χ2v) is 8.35. The van der Waals surface area contributed by atoms with Gasteiger partial charge in [0, 0.05) is 41.8 Å². The molecule has 0 aliphatic carbocycles. The number of alkyl halides is 3. The van der Waals surface area contributed by atoms with Crippen LogP contribution in [0.15, 0.2) is 54.2 Å². The van der Waals surface area contributed by atoms with Crippen molar-refractivity contribution < 1.29 is 31.9 Å². The number of rotatable bonds is 7. The van der Waals surface area contributed by atoms with Crippen molar-refractivity contribution in [2.24, 2.45) is 11.7 Å². The van der Waals surface area contributed by atoms with Gasteiger partial charge in [-0.1, -0.05) is 32.0 Å². The van der Waals surface area contributed by atoms with E-state index in [-0.39, 0.29) is 35.2 Å². The number of ether oxygens (including phenoxy) is 1. The van der Waals surface area contributed by atoms with Crippen LogP contribution in [-0.2, 0) is 4.79 Å². The molecule has 2 aromatic carbocycles. The van der Waals surface area contributed by atoms with Crippen molar-refractivity contribution in [3.63, 3.8) is 0 Å². The van der Waals surface area contributed by atoms with Gasteiger partial charge < -0.3 is 26.1 Å². The summed E-state index contributed by atoms with van der Waals surface area (Å²) in [5, 5.41) is 10.3. The molecular weight excluding hydrogens is 468 g/mol. The standard InChI is InChI=1S/C24H24F4N4O3/c1-13(2)12-32-21(14(10-29)11-30)20(16-5-3-4-6-17(16)23(32)34)22(33)31-15-7-8-18(25)19(9-15)35-24(26,27)28/h3-11,13,20-21,29H,12,30H2,1-2H3,(H,31,33)/b14-11+,29-10?/t20-,21+/m0/s1. The van der Waals surface area contributed by atoms with Gasteiger partial charge in [-0.2, -0.15) is 0 Å². The van der Waals surface area contributed by atoms with Crippen LogP contribution in [0.25, 0.3) is 0 Å². The van der Waals surface area contributed by atoms with Crippen LogP contribution < -0.4 is 15.8 Å². The number of nitrogens with one attached hydrogen (secondary N) is 2. The van der Waals surface area contributed by atoms with Gasteiger partial charge in [-0.25, -0.2) is 4.39 Å². The Morgan fingerprint density at radius 1 is 1.26 bits per heavy atom. The summed E-state index contributed by atoms with van der Waals surface area (Å²) in [6, 6.07) is 8.06. The summed E-state index contributed by atoms with van der Waals surface area (Å²) in [6.07, 6.45) is -3.04. The van der Waals surface area contributed by atoms with Crippen LogP contribution in [0, 0.1) is 17.1 Å². The molecular formula is C24H24F4N4O3. The van der Waals surface area contributed by atoms with E-state index < -0.39 is 35.8 Å². The predicted octanol–water partition coefficient (Wildman–Crippen LogP) is 4.42. The van der Waals surface area contributed by atoms with E-state index in [0.717, 1.165) is 30.6 Å². The number of fused-ring (bicyclic) bond motifs is 1. The topological polar surface area (TPSA) is 109 Å². The van der Waals surface area contributed by atoms with Gasteiger partial charge in [-0.05, 0) is 29.7 Å². The van der Waals surface area contributed by atoms with Crippen molar-refractivity contribution >= 4 is 23.7 Å². The number of benzene rings is 2. The molecule has 2 aromatic rings. The van der Waals surface area contributed by atoms with Crippen molar-refractivity contribution in [3.05, 3.63) is 71.2 Å². The van der Waals surface area contributed by atoms with Crippen molar-refractivity contribution in [2.45, 2.75) is 32.2 Å². The fourth-order valence-corrected chi connectivity index (χ4v) is 4.08. The van der Waals surface area contributed by atoms with Crippen LogP contribution in [0.2, 0.25) is 0 Å². The molecule has 0 fully saturated rings. The second-order valence-electron chi connectivity index (χ2n) is 8.35. The quantitative estimate of drug-likeness (QED) is 0.393. The molecule has 35 heavy (non-hydrogen) atoms. The minimum Gasteiger partial charge on any atom is -0.404 e. The van der Waals surface area contributed by atoms with E-state index in [0.29, 0.717) is 5.56 Å². The zero-order chi connectivity index (χ0) is 25.9. The van der Waals surface area contributed by atoms with Gasteiger partial charge in [-0.3, -0.25) is 9.59 Å². The van der Waals surface area contributed by atoms with Crippen molar-refractivity contribution in [1.29, 1.82) is 5.41 Å². The Bertz CT molecular complexity index is 1160. The highest BCUT2D eigenvalue weighted by Gasteiger charge is 2.44. The lowest BCUT2D eigenvalue weighted by atomic mass is 9.79. The summed E-state index contributed by atoms with van der Waals surface area (Å²) in [4.78, 5) is 28.3. The SMILES string of the molecule is CC(C)CN1C(=O)c2ccccc2[C@H](C(=O)Nc2ccc(F)c(OC(F)(F)F)c2)[C@H]1/C(C=N)=C/N. The van der Waals surface area contributed by atoms with E-state index in [4.69, 9.17) is 11.1 Å². The van der Waals surface area contributed by atoms with E-state index in [1.807, 2.05) is 13.8 Å². The van der Waals surface area contributed by atoms with Crippen LogP contribution >= 0.6 is 0 Å². The summed E-state index contributed by atoms with van der Waals surface area (Å²) < 4.78 is 55.4. The molecule has 2 atom stereocenters. The maximum Gasteiger partial charge on any atom is 0.573 e. The van der Waals surface area contributed by atoms with Gasteiger partial charge in [-0.15, -0.1) is 13.2 Å². The van der Waals surface area contributed by atoms with Gasteiger partial charge >= 0.3 is 6.36 Å². The van der Waals surface area contributed by atoms with Crippen molar-refractivity contribution in [2.75, 3.05) is 11.9 Å². The van der Waals surface area contributed by atoms with E-state index in [9.17, 15) is 27.2 Å². The molecule has 1 heterocycles. The third-order valence-electron chi connectivity index (χ3n) is 5.41. The zero-order valence-corrected chi connectivity index (χ0v) is 18.9. The van der Waals surface area contributed by atoms with Crippen molar-refractivity contribution in [3.8, 4) is 5.75 Å². The molecule has 11 heteroatoms. The average Bonchev–Trinajstić information content (AvgIpc) is 2.78. The van der Waals surface area contributed by atoms with Gasteiger partial charge in [0.2, 0.25) is 5.91 Å². The fourth-order valence-electron chi connectivity index (χ4n) is 4.08. The second kappa shape index (κ2) is 10.2. The molecule has 0 bridgehead atoms. The van der Waals surface area contributed by atoms with Crippen molar-refractivity contribution in [1.82, 2.24) is 4.90 Å². The highest BCUT2D eigenvalue weighted by molar-refractivity contribution is 6.05. The molecule has 0 radical (unpaired) electrons. The maximum atomic E-state index is 13.8. The molecule has 186 valence electrons.